The highest BCUT2D eigenvalue weighted by atomic mass is 127. The Morgan fingerprint density at radius 2 is 1.77 bits per heavy atom. The molecule has 0 bridgehead atoms. The van der Waals surface area contributed by atoms with E-state index in [4.69, 9.17) is 16.6 Å². The molecule has 31 heavy (non-hydrogen) atoms. The van der Waals surface area contributed by atoms with E-state index in [9.17, 15) is 0 Å². The third-order valence-corrected chi connectivity index (χ3v) is 6.38. The number of rotatable bonds is 6. The molecule has 0 radical (unpaired) electrons. The first-order valence-corrected chi connectivity index (χ1v) is 11.8. The van der Waals surface area contributed by atoms with Gasteiger partial charge in [-0.05, 0) is 44.5 Å². The second-order valence-electron chi connectivity index (χ2n) is 8.81. The van der Waals surface area contributed by atoms with Gasteiger partial charge in [-0.3, -0.25) is 4.99 Å². The lowest BCUT2D eigenvalue weighted by Gasteiger charge is -2.38. The molecule has 0 amide bonds. The number of aryl methyl sites for hydroxylation is 1. The van der Waals surface area contributed by atoms with Gasteiger partial charge in [0.05, 0.1) is 0 Å². The van der Waals surface area contributed by atoms with Crippen molar-refractivity contribution in [2.24, 2.45) is 10.9 Å². The standard InChI is InChI=1S/C23H39ClN6.HI/c1-5-25-23(26-17-19(2)18-28-10-8-27(4)9-11-28)30-14-12-29(13-15-30)22-16-21(24)7-6-20(22)3;/h6-7,16,19H,5,8-15,17-18H2,1-4H3,(H,25,26);1H. The van der Waals surface area contributed by atoms with Crippen molar-refractivity contribution < 1.29 is 0 Å². The van der Waals surface area contributed by atoms with E-state index in [0.29, 0.717) is 5.92 Å². The third-order valence-electron chi connectivity index (χ3n) is 6.14. The molecule has 2 aliphatic heterocycles. The van der Waals surface area contributed by atoms with Crippen molar-refractivity contribution >= 4 is 47.2 Å². The Kier molecular flexibility index (Phi) is 11.2. The van der Waals surface area contributed by atoms with Crippen molar-refractivity contribution in [2.45, 2.75) is 20.8 Å². The van der Waals surface area contributed by atoms with Gasteiger partial charge >= 0.3 is 0 Å². The van der Waals surface area contributed by atoms with E-state index in [1.807, 2.05) is 6.07 Å². The average molecular weight is 563 g/mol. The van der Waals surface area contributed by atoms with Gasteiger partial charge in [-0.15, -0.1) is 24.0 Å². The third kappa shape index (κ3) is 7.94. The fourth-order valence-electron chi connectivity index (χ4n) is 4.28. The number of benzene rings is 1. The lowest BCUT2D eigenvalue weighted by molar-refractivity contribution is 0.140. The van der Waals surface area contributed by atoms with Gasteiger partial charge in [-0.25, -0.2) is 0 Å². The molecule has 6 nitrogen and oxygen atoms in total. The molecule has 0 aliphatic carbocycles. The number of hydrogen-bond acceptors (Lipinski definition) is 4. The number of hydrogen-bond donors (Lipinski definition) is 1. The summed E-state index contributed by atoms with van der Waals surface area (Å²) in [7, 11) is 2.21. The summed E-state index contributed by atoms with van der Waals surface area (Å²) in [5, 5.41) is 4.32. The van der Waals surface area contributed by atoms with Crippen molar-refractivity contribution in [1.29, 1.82) is 0 Å². The Bertz CT molecular complexity index is 699. The number of halogens is 2. The van der Waals surface area contributed by atoms with Gasteiger partial charge in [0.1, 0.15) is 0 Å². The molecule has 8 heteroatoms. The second-order valence-corrected chi connectivity index (χ2v) is 9.25. The average Bonchev–Trinajstić information content (AvgIpc) is 2.75. The van der Waals surface area contributed by atoms with Crippen LogP contribution >= 0.6 is 35.6 Å². The minimum Gasteiger partial charge on any atom is -0.368 e. The number of nitrogens with zero attached hydrogens (tertiary/aromatic N) is 5. The first-order chi connectivity index (χ1) is 14.5. The smallest absolute Gasteiger partial charge is 0.194 e. The Morgan fingerprint density at radius 1 is 1.10 bits per heavy atom. The van der Waals surface area contributed by atoms with Crippen LogP contribution in [0.4, 0.5) is 5.69 Å². The van der Waals surface area contributed by atoms with Crippen LogP contribution in [0.1, 0.15) is 19.4 Å². The number of piperazine rings is 2. The minimum atomic E-state index is 0. The van der Waals surface area contributed by atoms with Crippen LogP contribution < -0.4 is 10.2 Å². The number of anilines is 1. The van der Waals surface area contributed by atoms with E-state index in [2.05, 4.69) is 64.9 Å². The molecule has 2 heterocycles. The summed E-state index contributed by atoms with van der Waals surface area (Å²) in [5.41, 5.74) is 2.54. The van der Waals surface area contributed by atoms with Crippen LogP contribution in [0.3, 0.4) is 0 Å². The van der Waals surface area contributed by atoms with Gasteiger partial charge in [0.25, 0.3) is 0 Å². The van der Waals surface area contributed by atoms with Gasteiger partial charge in [-0.1, -0.05) is 24.6 Å². The molecule has 2 aliphatic rings. The minimum absolute atomic E-state index is 0. The highest BCUT2D eigenvalue weighted by molar-refractivity contribution is 14.0. The summed E-state index contributed by atoms with van der Waals surface area (Å²) in [5.74, 6) is 1.63. The first kappa shape index (κ1) is 26.5. The zero-order valence-electron chi connectivity index (χ0n) is 19.6. The first-order valence-electron chi connectivity index (χ1n) is 11.4. The van der Waals surface area contributed by atoms with E-state index in [-0.39, 0.29) is 24.0 Å². The van der Waals surface area contributed by atoms with Crippen molar-refractivity contribution in [3.05, 3.63) is 28.8 Å². The summed E-state index contributed by atoms with van der Waals surface area (Å²) in [4.78, 5) is 14.8. The Morgan fingerprint density at radius 3 is 2.42 bits per heavy atom. The van der Waals surface area contributed by atoms with E-state index < -0.39 is 0 Å². The summed E-state index contributed by atoms with van der Waals surface area (Å²) in [6.45, 7) is 18.2. The van der Waals surface area contributed by atoms with Gasteiger partial charge in [0.2, 0.25) is 0 Å². The van der Waals surface area contributed by atoms with Crippen LogP contribution in [-0.4, -0.2) is 99.7 Å². The maximum atomic E-state index is 6.23. The highest BCUT2D eigenvalue weighted by Crippen LogP contribution is 2.25. The molecule has 176 valence electrons. The Labute approximate surface area is 211 Å². The maximum Gasteiger partial charge on any atom is 0.194 e. The highest BCUT2D eigenvalue weighted by Gasteiger charge is 2.21. The van der Waals surface area contributed by atoms with Gasteiger partial charge in [0.15, 0.2) is 5.96 Å². The Balaban J connectivity index is 0.00000341. The number of nitrogens with one attached hydrogen (secondary N) is 1. The van der Waals surface area contributed by atoms with Crippen LogP contribution in [0.15, 0.2) is 23.2 Å². The van der Waals surface area contributed by atoms with Crippen LogP contribution in [-0.2, 0) is 0 Å². The topological polar surface area (TPSA) is 37.4 Å². The fourth-order valence-corrected chi connectivity index (χ4v) is 4.45. The number of guanidine groups is 1. The molecule has 2 fully saturated rings. The quantitative estimate of drug-likeness (QED) is 0.327. The van der Waals surface area contributed by atoms with Gasteiger partial charge in [-0.2, -0.15) is 0 Å². The largest absolute Gasteiger partial charge is 0.368 e. The van der Waals surface area contributed by atoms with Crippen molar-refractivity contribution in [3.63, 3.8) is 0 Å². The zero-order valence-corrected chi connectivity index (χ0v) is 22.7. The summed E-state index contributed by atoms with van der Waals surface area (Å²) >= 11 is 6.23. The molecule has 1 unspecified atom stereocenters. The molecule has 1 atom stereocenters. The van der Waals surface area contributed by atoms with Crippen LogP contribution in [0, 0.1) is 12.8 Å². The van der Waals surface area contributed by atoms with Crippen molar-refractivity contribution in [3.8, 4) is 0 Å². The summed E-state index contributed by atoms with van der Waals surface area (Å²) in [6, 6.07) is 6.17. The monoisotopic (exact) mass is 562 g/mol. The molecule has 0 saturated carbocycles. The molecule has 2 saturated heterocycles. The molecular formula is C23H40ClIN6. The normalized spacial score (nSPS) is 19.8. The Hall–Kier alpha value is -0.770. The molecular weight excluding hydrogens is 523 g/mol. The lowest BCUT2D eigenvalue weighted by Crippen LogP contribution is -2.53. The molecule has 1 aromatic carbocycles. The van der Waals surface area contributed by atoms with Crippen LogP contribution in [0.25, 0.3) is 0 Å². The lowest BCUT2D eigenvalue weighted by atomic mass is 10.1. The van der Waals surface area contributed by atoms with E-state index in [1.165, 1.54) is 37.4 Å². The van der Waals surface area contributed by atoms with E-state index in [0.717, 1.165) is 56.8 Å². The van der Waals surface area contributed by atoms with Gasteiger partial charge in [0, 0.05) is 82.7 Å². The fraction of sp³-hybridized carbons (Fsp3) is 0.696. The van der Waals surface area contributed by atoms with Crippen LogP contribution in [0.2, 0.25) is 5.02 Å². The molecule has 1 aromatic rings. The van der Waals surface area contributed by atoms with Crippen molar-refractivity contribution in [1.82, 2.24) is 20.0 Å². The number of aliphatic imine (C=N–C) groups is 1. The molecule has 1 N–H and O–H groups in total. The molecule has 0 spiro atoms. The zero-order chi connectivity index (χ0) is 21.5. The van der Waals surface area contributed by atoms with Crippen LogP contribution in [0.5, 0.6) is 0 Å². The maximum absolute atomic E-state index is 6.23. The SMILES string of the molecule is CCNC(=NCC(C)CN1CCN(C)CC1)N1CCN(c2cc(Cl)ccc2C)CC1.I. The predicted molar refractivity (Wildman–Crippen MR) is 144 cm³/mol. The summed E-state index contributed by atoms with van der Waals surface area (Å²) < 4.78 is 0. The predicted octanol–water partition coefficient (Wildman–Crippen LogP) is 3.24. The second kappa shape index (κ2) is 13.1. The molecule has 3 rings (SSSR count). The van der Waals surface area contributed by atoms with E-state index >= 15 is 0 Å². The molecule has 0 aromatic heterocycles. The van der Waals surface area contributed by atoms with Gasteiger partial charge < -0.3 is 24.9 Å². The number of likely N-dealkylation sites (N-methyl/N-ethyl adjacent to an activating group) is 1. The summed E-state index contributed by atoms with van der Waals surface area (Å²) in [6.07, 6.45) is 0. The van der Waals surface area contributed by atoms with E-state index in [1.54, 1.807) is 0 Å². The van der Waals surface area contributed by atoms with Crippen molar-refractivity contribution in [2.75, 3.05) is 83.9 Å².